The predicted octanol–water partition coefficient (Wildman–Crippen LogP) is 1.43. The predicted molar refractivity (Wildman–Crippen MR) is 90.2 cm³/mol. The number of carbonyl (C=O) groups excluding carboxylic acids is 1. The average Bonchev–Trinajstić information content (AvgIpc) is 2.93. The molecule has 0 aromatic heterocycles. The van der Waals surface area contributed by atoms with E-state index in [1.807, 2.05) is 25.1 Å². The molecule has 132 valence electrons. The summed E-state index contributed by atoms with van der Waals surface area (Å²) in [6, 6.07) is 5.55. The Morgan fingerprint density at radius 2 is 2.00 bits per heavy atom. The molecule has 0 aliphatic carbocycles. The van der Waals surface area contributed by atoms with Gasteiger partial charge in [-0.2, -0.15) is 0 Å². The third kappa shape index (κ3) is 3.83. The SMILES string of the molecule is CCN(C(=O)CCc1ccc2c(c1)OCCO2)C1CCS(=O)(=O)C1. The van der Waals surface area contributed by atoms with Crippen molar-refractivity contribution in [3.63, 3.8) is 0 Å². The van der Waals surface area contributed by atoms with Crippen molar-refractivity contribution in [2.45, 2.75) is 32.2 Å². The molecule has 1 unspecified atom stereocenters. The molecule has 6 nitrogen and oxygen atoms in total. The first-order chi connectivity index (χ1) is 11.5. The molecule has 1 aromatic carbocycles. The van der Waals surface area contributed by atoms with Gasteiger partial charge in [-0.15, -0.1) is 0 Å². The van der Waals surface area contributed by atoms with Crippen LogP contribution in [0.4, 0.5) is 0 Å². The van der Waals surface area contributed by atoms with E-state index in [9.17, 15) is 13.2 Å². The summed E-state index contributed by atoms with van der Waals surface area (Å²) in [5.74, 6) is 1.75. The first-order valence-electron chi connectivity index (χ1n) is 8.37. The van der Waals surface area contributed by atoms with Crippen LogP contribution in [-0.2, 0) is 21.1 Å². The van der Waals surface area contributed by atoms with Gasteiger partial charge in [0.25, 0.3) is 0 Å². The molecule has 7 heteroatoms. The monoisotopic (exact) mass is 353 g/mol. The minimum Gasteiger partial charge on any atom is -0.486 e. The molecule has 0 bridgehead atoms. The fraction of sp³-hybridized carbons (Fsp3) is 0.588. The highest BCUT2D eigenvalue weighted by Gasteiger charge is 2.33. The van der Waals surface area contributed by atoms with Crippen LogP contribution in [0.2, 0.25) is 0 Å². The van der Waals surface area contributed by atoms with Crippen LogP contribution in [0.3, 0.4) is 0 Å². The zero-order valence-electron chi connectivity index (χ0n) is 13.9. The molecule has 1 aromatic rings. The Hall–Kier alpha value is -1.76. The second kappa shape index (κ2) is 7.01. The second-order valence-electron chi connectivity index (χ2n) is 6.21. The van der Waals surface area contributed by atoms with Crippen LogP contribution in [0.1, 0.15) is 25.3 Å². The Morgan fingerprint density at radius 1 is 1.25 bits per heavy atom. The van der Waals surface area contributed by atoms with Gasteiger partial charge in [-0.25, -0.2) is 8.42 Å². The number of hydrogen-bond donors (Lipinski definition) is 0. The van der Waals surface area contributed by atoms with E-state index in [2.05, 4.69) is 0 Å². The molecule has 1 amide bonds. The summed E-state index contributed by atoms with van der Waals surface area (Å²) < 4.78 is 34.3. The van der Waals surface area contributed by atoms with Gasteiger partial charge < -0.3 is 14.4 Å². The zero-order valence-corrected chi connectivity index (χ0v) is 14.7. The molecule has 2 heterocycles. The van der Waals surface area contributed by atoms with E-state index in [1.165, 1.54) is 0 Å². The lowest BCUT2D eigenvalue weighted by molar-refractivity contribution is -0.132. The van der Waals surface area contributed by atoms with Gasteiger partial charge in [-0.1, -0.05) is 6.07 Å². The number of amides is 1. The van der Waals surface area contributed by atoms with Gasteiger partial charge in [0.15, 0.2) is 21.3 Å². The van der Waals surface area contributed by atoms with Crippen LogP contribution in [0, 0.1) is 0 Å². The molecule has 0 saturated carbocycles. The summed E-state index contributed by atoms with van der Waals surface area (Å²) in [4.78, 5) is 14.2. The first kappa shape index (κ1) is 17.1. The number of rotatable bonds is 5. The lowest BCUT2D eigenvalue weighted by Gasteiger charge is -2.27. The van der Waals surface area contributed by atoms with Gasteiger partial charge in [0.1, 0.15) is 13.2 Å². The molecular weight excluding hydrogens is 330 g/mol. The fourth-order valence-electron chi connectivity index (χ4n) is 3.30. The van der Waals surface area contributed by atoms with Gasteiger partial charge >= 0.3 is 0 Å². The number of carbonyl (C=O) groups is 1. The summed E-state index contributed by atoms with van der Waals surface area (Å²) in [5.41, 5.74) is 1.02. The van der Waals surface area contributed by atoms with Gasteiger partial charge in [0.05, 0.1) is 11.5 Å². The van der Waals surface area contributed by atoms with Crippen molar-refractivity contribution < 1.29 is 22.7 Å². The van der Waals surface area contributed by atoms with Crippen LogP contribution in [-0.4, -0.2) is 56.5 Å². The number of aryl methyl sites for hydroxylation is 1. The second-order valence-corrected chi connectivity index (χ2v) is 8.44. The number of nitrogens with zero attached hydrogens (tertiary/aromatic N) is 1. The molecule has 2 aliphatic heterocycles. The van der Waals surface area contributed by atoms with Gasteiger partial charge in [-0.05, 0) is 37.5 Å². The van der Waals surface area contributed by atoms with E-state index >= 15 is 0 Å². The number of benzene rings is 1. The van der Waals surface area contributed by atoms with Crippen molar-refractivity contribution >= 4 is 15.7 Å². The fourth-order valence-corrected chi connectivity index (χ4v) is 5.03. The van der Waals surface area contributed by atoms with Gasteiger partial charge in [0, 0.05) is 19.0 Å². The van der Waals surface area contributed by atoms with E-state index in [0.29, 0.717) is 39.0 Å². The molecule has 0 spiro atoms. The maximum absolute atomic E-state index is 12.5. The highest BCUT2D eigenvalue weighted by molar-refractivity contribution is 7.91. The quantitative estimate of drug-likeness (QED) is 0.801. The zero-order chi connectivity index (χ0) is 17.2. The molecule has 24 heavy (non-hydrogen) atoms. The van der Waals surface area contributed by atoms with Crippen molar-refractivity contribution in [2.75, 3.05) is 31.3 Å². The van der Waals surface area contributed by atoms with E-state index in [-0.39, 0.29) is 23.5 Å². The average molecular weight is 353 g/mol. The van der Waals surface area contributed by atoms with Crippen molar-refractivity contribution in [3.8, 4) is 11.5 Å². The number of ether oxygens (including phenoxy) is 2. The van der Waals surface area contributed by atoms with Gasteiger partial charge in [0.2, 0.25) is 5.91 Å². The topological polar surface area (TPSA) is 72.9 Å². The summed E-state index contributed by atoms with van der Waals surface area (Å²) in [6.45, 7) is 3.53. The molecule has 0 N–H and O–H groups in total. The van der Waals surface area contributed by atoms with E-state index in [0.717, 1.165) is 17.1 Å². The molecule has 3 rings (SSSR count). The third-order valence-corrected chi connectivity index (χ3v) is 6.29. The maximum atomic E-state index is 12.5. The molecule has 2 aliphatic rings. The smallest absolute Gasteiger partial charge is 0.223 e. The molecule has 1 fully saturated rings. The number of hydrogen-bond acceptors (Lipinski definition) is 5. The highest BCUT2D eigenvalue weighted by Crippen LogP contribution is 2.31. The highest BCUT2D eigenvalue weighted by atomic mass is 32.2. The van der Waals surface area contributed by atoms with Crippen molar-refractivity contribution in [1.82, 2.24) is 4.90 Å². The van der Waals surface area contributed by atoms with Crippen molar-refractivity contribution in [3.05, 3.63) is 23.8 Å². The molecule has 1 atom stereocenters. The lowest BCUT2D eigenvalue weighted by Crippen LogP contribution is -2.41. The molecular formula is C17H23NO5S. The van der Waals surface area contributed by atoms with Crippen LogP contribution in [0.5, 0.6) is 11.5 Å². The summed E-state index contributed by atoms with van der Waals surface area (Å²) in [7, 11) is -2.99. The first-order valence-corrected chi connectivity index (χ1v) is 10.2. The maximum Gasteiger partial charge on any atom is 0.223 e. The Kier molecular flexibility index (Phi) is 4.99. The van der Waals surface area contributed by atoms with E-state index in [4.69, 9.17) is 9.47 Å². The number of fused-ring (bicyclic) bond motifs is 1. The minimum absolute atomic E-state index is 0.00879. The molecule has 1 saturated heterocycles. The minimum atomic E-state index is -2.99. The normalized spacial score (nSPS) is 21.5. The summed E-state index contributed by atoms with van der Waals surface area (Å²) in [5, 5.41) is 0. The van der Waals surface area contributed by atoms with E-state index < -0.39 is 9.84 Å². The van der Waals surface area contributed by atoms with E-state index in [1.54, 1.807) is 4.90 Å². The van der Waals surface area contributed by atoms with Crippen LogP contribution >= 0.6 is 0 Å². The van der Waals surface area contributed by atoms with Crippen LogP contribution < -0.4 is 9.47 Å². The largest absolute Gasteiger partial charge is 0.486 e. The lowest BCUT2D eigenvalue weighted by atomic mass is 10.1. The van der Waals surface area contributed by atoms with Crippen molar-refractivity contribution in [2.24, 2.45) is 0 Å². The van der Waals surface area contributed by atoms with Crippen LogP contribution in [0.15, 0.2) is 18.2 Å². The Balaban J connectivity index is 1.60. The summed E-state index contributed by atoms with van der Waals surface area (Å²) >= 11 is 0. The van der Waals surface area contributed by atoms with Crippen LogP contribution in [0.25, 0.3) is 0 Å². The van der Waals surface area contributed by atoms with Crippen molar-refractivity contribution in [1.29, 1.82) is 0 Å². The Labute approximate surface area is 142 Å². The molecule has 0 radical (unpaired) electrons. The Bertz CT molecular complexity index is 716. The third-order valence-electron chi connectivity index (χ3n) is 4.54. The van der Waals surface area contributed by atoms with Gasteiger partial charge in [-0.3, -0.25) is 4.79 Å². The Morgan fingerprint density at radius 3 is 2.67 bits per heavy atom. The number of sulfone groups is 1. The standard InChI is InChI=1S/C17H23NO5S/c1-2-18(14-7-10-24(20,21)12-14)17(19)6-4-13-3-5-15-16(11-13)23-9-8-22-15/h3,5,11,14H,2,4,6-10,12H2,1H3. The summed E-state index contributed by atoms with van der Waals surface area (Å²) in [6.07, 6.45) is 1.52.